The number of imidazole rings is 1. The number of aromatic amines is 1. The quantitative estimate of drug-likeness (QED) is 0.863. The van der Waals surface area contributed by atoms with Gasteiger partial charge in [-0.15, -0.1) is 0 Å². The molecule has 2 rings (SSSR count). The number of aromatic nitrogens is 2. The van der Waals surface area contributed by atoms with Crippen LogP contribution in [-0.2, 0) is 10.0 Å². The van der Waals surface area contributed by atoms with Crippen molar-refractivity contribution in [3.05, 3.63) is 18.2 Å². The van der Waals surface area contributed by atoms with E-state index in [-0.39, 0.29) is 11.8 Å². The van der Waals surface area contributed by atoms with E-state index in [4.69, 9.17) is 0 Å². The van der Waals surface area contributed by atoms with Gasteiger partial charge in [0.2, 0.25) is 10.0 Å². The van der Waals surface area contributed by atoms with Crippen molar-refractivity contribution < 1.29 is 8.42 Å². The maximum Gasteiger partial charge on any atom is 0.213 e. The molecule has 1 saturated heterocycles. The molecule has 1 aliphatic rings. The van der Waals surface area contributed by atoms with Crippen LogP contribution in [0.5, 0.6) is 0 Å². The van der Waals surface area contributed by atoms with Crippen LogP contribution in [0.2, 0.25) is 0 Å². The van der Waals surface area contributed by atoms with Crippen molar-refractivity contribution in [1.82, 2.24) is 19.2 Å². The van der Waals surface area contributed by atoms with Crippen molar-refractivity contribution in [3.63, 3.8) is 0 Å². The molecule has 1 atom stereocenters. The third kappa shape index (κ3) is 2.57. The fourth-order valence-electron chi connectivity index (χ4n) is 2.33. The van der Waals surface area contributed by atoms with Crippen LogP contribution in [-0.4, -0.2) is 59.5 Å². The number of nitrogens with zero attached hydrogens (tertiary/aromatic N) is 3. The number of H-pyrrole nitrogens is 1. The van der Waals surface area contributed by atoms with Gasteiger partial charge in [-0.2, -0.15) is 4.31 Å². The van der Waals surface area contributed by atoms with E-state index < -0.39 is 10.0 Å². The minimum Gasteiger partial charge on any atom is -0.347 e. The van der Waals surface area contributed by atoms with E-state index in [1.54, 1.807) is 23.6 Å². The van der Waals surface area contributed by atoms with Gasteiger partial charge in [0.05, 0.1) is 11.8 Å². The molecule has 0 spiro atoms. The third-order valence-corrected chi connectivity index (χ3v) is 5.30. The monoisotopic (exact) mass is 272 g/mol. The number of sulfonamides is 1. The number of likely N-dealkylation sites (N-methyl/N-ethyl adjacent to an activating group) is 1. The lowest BCUT2D eigenvalue weighted by molar-refractivity contribution is 0.119. The molecular formula is C11H20N4O2S. The molecule has 0 bridgehead atoms. The molecule has 1 fully saturated rings. The Kier molecular flexibility index (Phi) is 4.04. The first-order valence-corrected chi connectivity index (χ1v) is 7.90. The van der Waals surface area contributed by atoms with Crippen LogP contribution in [0.4, 0.5) is 0 Å². The standard InChI is InChI=1S/C11H20N4O2S/c1-3-14-7-8-15(18(16,17)4-2)9-10(14)11-12-5-6-13-11/h5-6,10H,3-4,7-9H2,1-2H3,(H,12,13). The summed E-state index contributed by atoms with van der Waals surface area (Å²) in [5.41, 5.74) is 0. The van der Waals surface area contributed by atoms with E-state index in [0.717, 1.165) is 18.9 Å². The summed E-state index contributed by atoms with van der Waals surface area (Å²) in [6, 6.07) is 0.0278. The van der Waals surface area contributed by atoms with Gasteiger partial charge < -0.3 is 4.98 Å². The molecule has 0 amide bonds. The Balaban J connectivity index is 2.20. The second-order valence-corrected chi connectivity index (χ2v) is 6.63. The second kappa shape index (κ2) is 5.38. The summed E-state index contributed by atoms with van der Waals surface area (Å²) in [4.78, 5) is 9.60. The van der Waals surface area contributed by atoms with Crippen LogP contribution in [0.15, 0.2) is 12.4 Å². The largest absolute Gasteiger partial charge is 0.347 e. The molecule has 1 unspecified atom stereocenters. The van der Waals surface area contributed by atoms with E-state index in [1.807, 2.05) is 0 Å². The predicted octanol–water partition coefficient (Wildman–Crippen LogP) is 0.438. The molecule has 6 nitrogen and oxygen atoms in total. The Labute approximate surface area is 108 Å². The Bertz CT molecular complexity index is 471. The summed E-state index contributed by atoms with van der Waals surface area (Å²) >= 11 is 0. The van der Waals surface area contributed by atoms with Crippen molar-refractivity contribution in [1.29, 1.82) is 0 Å². The molecule has 102 valence electrons. The van der Waals surface area contributed by atoms with Crippen LogP contribution in [0.3, 0.4) is 0 Å². The zero-order valence-corrected chi connectivity index (χ0v) is 11.7. The molecule has 1 N–H and O–H groups in total. The smallest absolute Gasteiger partial charge is 0.213 e. The van der Waals surface area contributed by atoms with E-state index in [9.17, 15) is 8.42 Å². The van der Waals surface area contributed by atoms with Crippen LogP contribution < -0.4 is 0 Å². The average molecular weight is 272 g/mol. The van der Waals surface area contributed by atoms with Gasteiger partial charge in [-0.25, -0.2) is 13.4 Å². The highest BCUT2D eigenvalue weighted by molar-refractivity contribution is 7.89. The van der Waals surface area contributed by atoms with E-state index >= 15 is 0 Å². The lowest BCUT2D eigenvalue weighted by atomic mass is 10.2. The Morgan fingerprint density at radius 1 is 1.44 bits per heavy atom. The lowest BCUT2D eigenvalue weighted by Crippen LogP contribution is -2.50. The van der Waals surface area contributed by atoms with Crippen molar-refractivity contribution >= 4 is 10.0 Å². The molecule has 2 heterocycles. The molecule has 0 aliphatic carbocycles. The van der Waals surface area contributed by atoms with Crippen molar-refractivity contribution in [2.45, 2.75) is 19.9 Å². The van der Waals surface area contributed by atoms with E-state index in [2.05, 4.69) is 21.8 Å². The molecule has 1 aromatic rings. The second-order valence-electron chi connectivity index (χ2n) is 4.38. The molecule has 18 heavy (non-hydrogen) atoms. The normalized spacial score (nSPS) is 23.3. The minimum atomic E-state index is -3.11. The highest BCUT2D eigenvalue weighted by Gasteiger charge is 2.33. The van der Waals surface area contributed by atoms with Crippen LogP contribution >= 0.6 is 0 Å². The first kappa shape index (κ1) is 13.5. The molecule has 1 aliphatic heterocycles. The van der Waals surface area contributed by atoms with Gasteiger partial charge in [0.25, 0.3) is 0 Å². The Morgan fingerprint density at radius 2 is 2.22 bits per heavy atom. The summed E-state index contributed by atoms with van der Waals surface area (Å²) in [5.74, 6) is 0.997. The van der Waals surface area contributed by atoms with Gasteiger partial charge in [-0.3, -0.25) is 4.90 Å². The summed E-state index contributed by atoms with van der Waals surface area (Å²) in [5, 5.41) is 0. The van der Waals surface area contributed by atoms with Crippen molar-refractivity contribution in [3.8, 4) is 0 Å². The van der Waals surface area contributed by atoms with Gasteiger partial charge in [0.15, 0.2) is 0 Å². The van der Waals surface area contributed by atoms with Gasteiger partial charge in [0.1, 0.15) is 5.82 Å². The summed E-state index contributed by atoms with van der Waals surface area (Å²) < 4.78 is 25.5. The van der Waals surface area contributed by atoms with Crippen molar-refractivity contribution in [2.24, 2.45) is 0 Å². The van der Waals surface area contributed by atoms with Gasteiger partial charge in [-0.1, -0.05) is 6.92 Å². The van der Waals surface area contributed by atoms with Gasteiger partial charge >= 0.3 is 0 Å². The fraction of sp³-hybridized carbons (Fsp3) is 0.727. The molecule has 1 aromatic heterocycles. The first-order valence-electron chi connectivity index (χ1n) is 6.29. The zero-order chi connectivity index (χ0) is 13.2. The Hall–Kier alpha value is -0.920. The van der Waals surface area contributed by atoms with Crippen LogP contribution in [0.1, 0.15) is 25.7 Å². The van der Waals surface area contributed by atoms with Gasteiger partial charge in [-0.05, 0) is 13.5 Å². The zero-order valence-electron chi connectivity index (χ0n) is 10.8. The van der Waals surface area contributed by atoms with Crippen molar-refractivity contribution in [2.75, 3.05) is 31.9 Å². The molecular weight excluding hydrogens is 252 g/mol. The maximum atomic E-state index is 11.9. The number of piperazine rings is 1. The van der Waals surface area contributed by atoms with E-state index in [0.29, 0.717) is 13.1 Å². The van der Waals surface area contributed by atoms with E-state index in [1.165, 1.54) is 0 Å². The summed E-state index contributed by atoms with van der Waals surface area (Å²) in [6.07, 6.45) is 3.48. The number of nitrogens with one attached hydrogen (secondary N) is 1. The minimum absolute atomic E-state index is 0.0278. The predicted molar refractivity (Wildman–Crippen MR) is 69.6 cm³/mol. The fourth-order valence-corrected chi connectivity index (χ4v) is 3.42. The average Bonchev–Trinajstić information content (AvgIpc) is 2.91. The molecule has 0 aromatic carbocycles. The summed E-state index contributed by atoms with van der Waals surface area (Å²) in [7, 11) is -3.11. The van der Waals surface area contributed by atoms with Crippen LogP contribution in [0.25, 0.3) is 0 Å². The highest BCUT2D eigenvalue weighted by atomic mass is 32.2. The molecule has 7 heteroatoms. The lowest BCUT2D eigenvalue weighted by Gasteiger charge is -2.39. The number of hydrogen-bond donors (Lipinski definition) is 1. The summed E-state index contributed by atoms with van der Waals surface area (Å²) in [6.45, 7) is 6.47. The van der Waals surface area contributed by atoms with Gasteiger partial charge in [0, 0.05) is 32.0 Å². The Morgan fingerprint density at radius 3 is 2.78 bits per heavy atom. The first-order chi connectivity index (χ1) is 8.58. The van der Waals surface area contributed by atoms with Crippen LogP contribution in [0, 0.1) is 0 Å². The molecule has 0 radical (unpaired) electrons. The number of rotatable bonds is 4. The topological polar surface area (TPSA) is 69.3 Å². The highest BCUT2D eigenvalue weighted by Crippen LogP contribution is 2.24. The third-order valence-electron chi connectivity index (χ3n) is 3.45. The molecule has 0 saturated carbocycles. The number of hydrogen-bond acceptors (Lipinski definition) is 4. The SMILES string of the molecule is CCN1CCN(S(=O)(=O)CC)CC1c1ncc[nH]1. The maximum absolute atomic E-state index is 11.9.